The van der Waals surface area contributed by atoms with Gasteiger partial charge in [0, 0.05) is 37.4 Å². The van der Waals surface area contributed by atoms with Gasteiger partial charge in [0.05, 0.1) is 12.0 Å². The molecule has 2 aliphatic rings. The van der Waals surface area contributed by atoms with Gasteiger partial charge in [-0.15, -0.1) is 10.2 Å². The van der Waals surface area contributed by atoms with Gasteiger partial charge in [0.15, 0.2) is 0 Å². The fourth-order valence-corrected chi connectivity index (χ4v) is 4.23. The highest BCUT2D eigenvalue weighted by atomic mass is 16.3. The van der Waals surface area contributed by atoms with E-state index in [2.05, 4.69) is 10.2 Å². The maximum absolute atomic E-state index is 13.0. The minimum absolute atomic E-state index is 0.0274. The van der Waals surface area contributed by atoms with Crippen molar-refractivity contribution in [2.75, 3.05) is 32.8 Å². The van der Waals surface area contributed by atoms with Gasteiger partial charge >= 0.3 is 0 Å². The fraction of sp³-hybridized carbons (Fsp3) is 0.474. The van der Waals surface area contributed by atoms with Crippen LogP contribution in [0.2, 0.25) is 0 Å². The van der Waals surface area contributed by atoms with Crippen molar-refractivity contribution >= 4 is 11.8 Å². The average Bonchev–Trinajstić information content (AvgIpc) is 3.36. The van der Waals surface area contributed by atoms with Gasteiger partial charge in [0.25, 0.3) is 5.91 Å². The molecule has 1 aromatic carbocycles. The van der Waals surface area contributed by atoms with E-state index in [1.54, 1.807) is 33.1 Å². The number of rotatable bonds is 4. The van der Waals surface area contributed by atoms with Gasteiger partial charge in [-0.25, -0.2) is 0 Å². The summed E-state index contributed by atoms with van der Waals surface area (Å²) in [6, 6.07) is 7.34. The molecule has 27 heavy (non-hydrogen) atoms. The first-order valence-electron chi connectivity index (χ1n) is 9.28. The van der Waals surface area contributed by atoms with Crippen molar-refractivity contribution in [2.24, 2.45) is 5.41 Å². The standard InChI is InChI=1S/C19H23N5O3/c25-10-9-22-7-2-5-19(18(22)27)6-8-23(12-19)17(26)15-3-1-4-16(11-15)24-13-20-21-14-24/h1,3-4,11,13-14,25H,2,5-10,12H2/t19-/m1/s1. The van der Waals surface area contributed by atoms with Crippen molar-refractivity contribution in [3.63, 3.8) is 0 Å². The molecule has 0 unspecified atom stereocenters. The Balaban J connectivity index is 1.51. The van der Waals surface area contributed by atoms with E-state index in [1.807, 2.05) is 18.2 Å². The molecular weight excluding hydrogens is 346 g/mol. The zero-order valence-electron chi connectivity index (χ0n) is 15.1. The van der Waals surface area contributed by atoms with E-state index in [1.165, 1.54) is 0 Å². The normalized spacial score (nSPS) is 22.6. The molecule has 2 amide bonds. The average molecular weight is 369 g/mol. The number of amides is 2. The fourth-order valence-electron chi connectivity index (χ4n) is 4.23. The Morgan fingerprint density at radius 2 is 2.00 bits per heavy atom. The van der Waals surface area contributed by atoms with Crippen LogP contribution in [-0.4, -0.2) is 74.3 Å². The number of likely N-dealkylation sites (tertiary alicyclic amines) is 2. The van der Waals surface area contributed by atoms with Crippen molar-refractivity contribution < 1.29 is 14.7 Å². The number of carbonyl (C=O) groups excluding carboxylic acids is 2. The van der Waals surface area contributed by atoms with E-state index in [4.69, 9.17) is 0 Å². The smallest absolute Gasteiger partial charge is 0.253 e. The molecule has 3 heterocycles. The molecule has 4 rings (SSSR count). The zero-order valence-corrected chi connectivity index (χ0v) is 15.1. The topological polar surface area (TPSA) is 91.6 Å². The molecule has 8 heteroatoms. The maximum atomic E-state index is 13.0. The highest BCUT2D eigenvalue weighted by Gasteiger charge is 2.49. The number of piperidine rings is 1. The Bertz CT molecular complexity index is 836. The number of β-amino-alcohol motifs (C(OH)–C–C–N with tert-alkyl or cyclic N) is 1. The van der Waals surface area contributed by atoms with E-state index in [9.17, 15) is 14.7 Å². The highest BCUT2D eigenvalue weighted by molar-refractivity contribution is 5.96. The summed E-state index contributed by atoms with van der Waals surface area (Å²) in [6.07, 6.45) is 5.58. The molecule has 8 nitrogen and oxygen atoms in total. The molecule has 2 aliphatic heterocycles. The number of aliphatic hydroxyl groups excluding tert-OH is 1. The molecule has 1 atom stereocenters. The SMILES string of the molecule is O=C(c1cccc(-n2cnnc2)c1)N1CC[C@]2(CCCN(CCO)C2=O)C1. The van der Waals surface area contributed by atoms with Crippen LogP contribution >= 0.6 is 0 Å². The number of benzene rings is 1. The van der Waals surface area contributed by atoms with Gasteiger partial charge in [0.2, 0.25) is 5.91 Å². The van der Waals surface area contributed by atoms with Gasteiger partial charge in [-0.2, -0.15) is 0 Å². The molecule has 1 spiro atoms. The summed E-state index contributed by atoms with van der Waals surface area (Å²) in [5, 5.41) is 16.8. The Kier molecular flexibility index (Phi) is 4.65. The summed E-state index contributed by atoms with van der Waals surface area (Å²) >= 11 is 0. The molecule has 2 aromatic rings. The van der Waals surface area contributed by atoms with Crippen LogP contribution in [0, 0.1) is 5.41 Å². The summed E-state index contributed by atoms with van der Waals surface area (Å²) in [4.78, 5) is 29.5. The Morgan fingerprint density at radius 3 is 2.78 bits per heavy atom. The minimum atomic E-state index is -0.491. The number of aromatic nitrogens is 3. The summed E-state index contributed by atoms with van der Waals surface area (Å²) < 4.78 is 1.75. The first kappa shape index (κ1) is 17.7. The van der Waals surface area contributed by atoms with Crippen LogP contribution in [0.15, 0.2) is 36.9 Å². The van der Waals surface area contributed by atoms with Crippen LogP contribution in [0.5, 0.6) is 0 Å². The molecule has 0 saturated carbocycles. The lowest BCUT2D eigenvalue weighted by molar-refractivity contribution is -0.146. The van der Waals surface area contributed by atoms with Crippen LogP contribution in [0.4, 0.5) is 0 Å². The number of hydrogen-bond acceptors (Lipinski definition) is 5. The van der Waals surface area contributed by atoms with Gasteiger partial charge in [-0.05, 0) is 37.5 Å². The third kappa shape index (κ3) is 3.21. The van der Waals surface area contributed by atoms with Gasteiger partial charge in [-0.3, -0.25) is 14.2 Å². The van der Waals surface area contributed by atoms with E-state index < -0.39 is 5.41 Å². The summed E-state index contributed by atoms with van der Waals surface area (Å²) in [5.74, 6) is 0.0187. The molecule has 0 aliphatic carbocycles. The van der Waals surface area contributed by atoms with Gasteiger partial charge < -0.3 is 14.9 Å². The van der Waals surface area contributed by atoms with Crippen molar-refractivity contribution in [2.45, 2.75) is 19.3 Å². The molecule has 2 saturated heterocycles. The predicted molar refractivity (Wildman–Crippen MR) is 97.2 cm³/mol. The summed E-state index contributed by atoms with van der Waals surface area (Å²) in [6.45, 7) is 2.06. The molecule has 0 bridgehead atoms. The lowest BCUT2D eigenvalue weighted by atomic mass is 9.78. The number of carbonyl (C=O) groups is 2. The Labute approximate surface area is 157 Å². The van der Waals surface area contributed by atoms with Gasteiger partial charge in [0.1, 0.15) is 12.7 Å². The Morgan fingerprint density at radius 1 is 1.19 bits per heavy atom. The third-order valence-corrected chi connectivity index (χ3v) is 5.65. The van der Waals surface area contributed by atoms with Crippen molar-refractivity contribution in [3.05, 3.63) is 42.5 Å². The second-order valence-electron chi connectivity index (χ2n) is 7.30. The van der Waals surface area contributed by atoms with Crippen LogP contribution in [0.25, 0.3) is 5.69 Å². The van der Waals surface area contributed by atoms with Crippen LogP contribution in [0.3, 0.4) is 0 Å². The van der Waals surface area contributed by atoms with Gasteiger partial charge in [-0.1, -0.05) is 6.07 Å². The molecular formula is C19H23N5O3. The van der Waals surface area contributed by atoms with E-state index >= 15 is 0 Å². The van der Waals surface area contributed by atoms with E-state index in [0.717, 1.165) is 18.5 Å². The lowest BCUT2D eigenvalue weighted by Crippen LogP contribution is -2.51. The molecule has 0 radical (unpaired) electrons. The maximum Gasteiger partial charge on any atom is 0.253 e. The van der Waals surface area contributed by atoms with Crippen molar-refractivity contribution in [1.29, 1.82) is 0 Å². The molecule has 1 N–H and O–H groups in total. The number of hydrogen-bond donors (Lipinski definition) is 1. The highest BCUT2D eigenvalue weighted by Crippen LogP contribution is 2.40. The number of nitrogens with zero attached hydrogens (tertiary/aromatic N) is 5. The first-order valence-corrected chi connectivity index (χ1v) is 9.28. The van der Waals surface area contributed by atoms with E-state index in [-0.39, 0.29) is 18.4 Å². The summed E-state index contributed by atoms with van der Waals surface area (Å²) in [7, 11) is 0. The largest absolute Gasteiger partial charge is 0.395 e. The monoisotopic (exact) mass is 369 g/mol. The quantitative estimate of drug-likeness (QED) is 0.857. The third-order valence-electron chi connectivity index (χ3n) is 5.65. The zero-order chi connectivity index (χ0) is 18.9. The van der Waals surface area contributed by atoms with Crippen LogP contribution in [0.1, 0.15) is 29.6 Å². The molecule has 2 fully saturated rings. The lowest BCUT2D eigenvalue weighted by Gasteiger charge is -2.39. The second kappa shape index (κ2) is 7.11. The predicted octanol–water partition coefficient (Wildman–Crippen LogP) is 0.714. The molecule has 1 aromatic heterocycles. The van der Waals surface area contributed by atoms with Crippen LogP contribution < -0.4 is 0 Å². The van der Waals surface area contributed by atoms with Crippen molar-refractivity contribution in [1.82, 2.24) is 24.6 Å². The minimum Gasteiger partial charge on any atom is -0.395 e. The molecule has 142 valence electrons. The van der Waals surface area contributed by atoms with E-state index in [0.29, 0.717) is 38.2 Å². The second-order valence-corrected chi connectivity index (χ2v) is 7.30. The number of aliphatic hydroxyl groups is 1. The Hall–Kier alpha value is -2.74. The summed E-state index contributed by atoms with van der Waals surface area (Å²) in [5.41, 5.74) is 0.922. The van der Waals surface area contributed by atoms with Crippen LogP contribution in [-0.2, 0) is 4.79 Å². The first-order chi connectivity index (χ1) is 13.1. The van der Waals surface area contributed by atoms with Crippen molar-refractivity contribution in [3.8, 4) is 5.69 Å².